The van der Waals surface area contributed by atoms with E-state index >= 15 is 0 Å². The largest absolute Gasteiger partial charge is 0.511 e. The molecule has 0 saturated carbocycles. The van der Waals surface area contributed by atoms with Gasteiger partial charge in [-0.05, 0) is 30.4 Å². The Labute approximate surface area is 337 Å². The van der Waals surface area contributed by atoms with E-state index in [4.69, 9.17) is 24.5 Å². The summed E-state index contributed by atoms with van der Waals surface area (Å²) in [5.41, 5.74) is 8.12. The van der Waals surface area contributed by atoms with E-state index < -0.39 is 0 Å². The molecule has 314 valence electrons. The van der Waals surface area contributed by atoms with Crippen LogP contribution in [-0.2, 0) is 39.9 Å². The highest BCUT2D eigenvalue weighted by Crippen LogP contribution is 2.36. The van der Waals surface area contributed by atoms with Crippen LogP contribution < -0.4 is 26.2 Å². The second-order valence-corrected chi connectivity index (χ2v) is 16.0. The van der Waals surface area contributed by atoms with E-state index in [-0.39, 0.29) is 91.4 Å². The third-order valence-electron chi connectivity index (χ3n) is 9.44. The topological polar surface area (TPSA) is 249 Å². The summed E-state index contributed by atoms with van der Waals surface area (Å²) >= 11 is 1.89. The zero-order valence-electron chi connectivity index (χ0n) is 33.0. The number of aliphatic hydroxyl groups excluding tert-OH is 1. The summed E-state index contributed by atoms with van der Waals surface area (Å²) in [5.74, 6) is 0.496. The minimum Gasteiger partial charge on any atom is -0.511 e. The van der Waals surface area contributed by atoms with Crippen molar-refractivity contribution >= 4 is 46.8 Å². The summed E-state index contributed by atoms with van der Waals surface area (Å²) in [6.07, 6.45) is 5.69. The van der Waals surface area contributed by atoms with E-state index in [2.05, 4.69) is 41.3 Å². The molecular weight excluding hydrogens is 759 g/mol. The first-order chi connectivity index (χ1) is 27.5. The number of ketones is 1. The van der Waals surface area contributed by atoms with Crippen LogP contribution >= 0.6 is 11.8 Å². The number of hydrogen-bond acceptors (Lipinski definition) is 14. The van der Waals surface area contributed by atoms with Crippen LogP contribution in [-0.4, -0.2) is 128 Å². The van der Waals surface area contributed by atoms with E-state index in [0.29, 0.717) is 88.0 Å². The van der Waals surface area contributed by atoms with E-state index in [9.17, 15) is 24.3 Å². The van der Waals surface area contributed by atoms with E-state index in [1.54, 1.807) is 12.1 Å². The van der Waals surface area contributed by atoms with Gasteiger partial charge in [-0.3, -0.25) is 24.4 Å². The van der Waals surface area contributed by atoms with Gasteiger partial charge in [-0.1, -0.05) is 20.3 Å². The lowest BCUT2D eigenvalue weighted by Crippen LogP contribution is -2.36. The molecule has 0 radical (unpaired) electrons. The van der Waals surface area contributed by atoms with Gasteiger partial charge in [0.25, 0.3) is 0 Å². The third kappa shape index (κ3) is 16.6. The second kappa shape index (κ2) is 24.5. The van der Waals surface area contributed by atoms with Crippen molar-refractivity contribution in [3.05, 3.63) is 35.4 Å². The standard InChI is InChI=1S/C38H57N9O9S/c1-38(2)21-30(48)35(31(49)22-38)28(40-11-9-34(51)44-27-8-7-26(42-23-27)24-43-47-39)10-13-53-15-17-55-19-20-56-18-16-54-14-12-41-33(50)6-4-3-5-32-36-29(25-57-32)45-37(52)46-36/h7-8,23,29,32,36,39H,3-6,9-22,24-25H2,1-2H3,(H4-,40,41,44,45,46,48,49,50,51,52)/p+1/t29?,32-,36?/m0/s1. The van der Waals surface area contributed by atoms with Crippen LogP contribution in [0.4, 0.5) is 10.5 Å². The van der Waals surface area contributed by atoms with Gasteiger partial charge in [0, 0.05) is 56.2 Å². The van der Waals surface area contributed by atoms with Gasteiger partial charge in [-0.15, -0.1) is 0 Å². The van der Waals surface area contributed by atoms with Gasteiger partial charge < -0.3 is 45.3 Å². The molecule has 57 heavy (non-hydrogen) atoms. The summed E-state index contributed by atoms with van der Waals surface area (Å²) in [6.45, 7) is 7.46. The molecule has 1 aromatic heterocycles. The van der Waals surface area contributed by atoms with Crippen molar-refractivity contribution in [3.63, 3.8) is 0 Å². The lowest BCUT2D eigenvalue weighted by Gasteiger charge is -2.30. The van der Waals surface area contributed by atoms with Gasteiger partial charge in [-0.25, -0.2) is 4.79 Å². The number of pyridine rings is 1. The predicted octanol–water partition coefficient (Wildman–Crippen LogP) is 3.40. The minimum atomic E-state index is -0.357. The van der Waals surface area contributed by atoms with Gasteiger partial charge in [0.1, 0.15) is 16.4 Å². The number of urea groups is 1. The normalized spacial score (nSPS) is 20.1. The molecule has 2 saturated heterocycles. The first-order valence-electron chi connectivity index (χ1n) is 19.6. The molecule has 4 amide bonds. The average molecular weight is 817 g/mol. The molecule has 4 rings (SSSR count). The fraction of sp³-hybridized carbons (Fsp3) is 0.684. The lowest BCUT2D eigenvalue weighted by molar-refractivity contribution is -0.121. The monoisotopic (exact) mass is 816 g/mol. The molecule has 0 aromatic carbocycles. The SMILES string of the molecule is CC1(C)CC(=O)C(C(CCOCCOCCOCCOCCNC(=O)CCCC[C@@H]2SCC3NC(=O)NC32)=NCCC(=O)Nc2ccc(CN=[N+]=N)nc2)=C(O)C1. The molecule has 1 aliphatic carbocycles. The van der Waals surface area contributed by atoms with Gasteiger partial charge in [-0.2, -0.15) is 11.8 Å². The first-order valence-corrected chi connectivity index (χ1v) is 20.6. The Hall–Kier alpha value is -4.26. The molecule has 0 spiro atoms. The highest BCUT2D eigenvalue weighted by atomic mass is 32.2. The number of aliphatic imine (C=N–C) groups is 1. The number of aliphatic hydroxyl groups is 1. The number of nitrogens with zero attached hydrogens (tertiary/aromatic N) is 4. The fourth-order valence-electron chi connectivity index (χ4n) is 6.67. The quantitative estimate of drug-likeness (QED) is 0.0247. The summed E-state index contributed by atoms with van der Waals surface area (Å²) in [5, 5.41) is 26.4. The van der Waals surface area contributed by atoms with Crippen LogP contribution in [0.1, 0.15) is 70.9 Å². The Morgan fingerprint density at radius 2 is 1.68 bits per heavy atom. The number of carbonyl (C=O) groups is 4. The Morgan fingerprint density at radius 1 is 0.965 bits per heavy atom. The first kappa shape index (κ1) is 45.4. The zero-order chi connectivity index (χ0) is 40.9. The Bertz CT molecular complexity index is 1600. The van der Waals surface area contributed by atoms with Crippen molar-refractivity contribution in [2.24, 2.45) is 15.5 Å². The third-order valence-corrected chi connectivity index (χ3v) is 11.0. The maximum Gasteiger partial charge on any atom is 0.315 e. The summed E-state index contributed by atoms with van der Waals surface area (Å²) < 4.78 is 22.4. The molecule has 0 bridgehead atoms. The molecule has 19 heteroatoms. The molecule has 18 nitrogen and oxygen atoms in total. The number of Topliss-reactive ketones (excluding diaryl/α,β-unsaturated/α-hetero) is 1. The zero-order valence-corrected chi connectivity index (χ0v) is 33.8. The van der Waals surface area contributed by atoms with Crippen LogP contribution in [0.25, 0.3) is 0 Å². The van der Waals surface area contributed by atoms with Crippen LogP contribution in [0.15, 0.2) is 39.8 Å². The van der Waals surface area contributed by atoms with Gasteiger partial charge in [0.15, 0.2) is 12.3 Å². The smallest absolute Gasteiger partial charge is 0.315 e. The molecule has 3 heterocycles. The van der Waals surface area contributed by atoms with Crippen molar-refractivity contribution in [2.45, 2.75) is 89.1 Å². The van der Waals surface area contributed by atoms with Crippen LogP contribution in [0.2, 0.25) is 0 Å². The molecule has 2 unspecified atom stereocenters. The van der Waals surface area contributed by atoms with Crippen LogP contribution in [0, 0.1) is 10.9 Å². The highest BCUT2D eigenvalue weighted by molar-refractivity contribution is 8.00. The molecule has 1 aromatic rings. The highest BCUT2D eigenvalue weighted by Gasteiger charge is 2.42. The number of thioether (sulfide) groups is 1. The van der Waals surface area contributed by atoms with Gasteiger partial charge >= 0.3 is 6.03 Å². The number of allylic oxidation sites excluding steroid dienone is 2. The maximum absolute atomic E-state index is 13.1. The number of ether oxygens (including phenoxy) is 4. The van der Waals surface area contributed by atoms with E-state index in [1.165, 1.54) is 6.20 Å². The molecule has 2 fully saturated rings. The Morgan fingerprint density at radius 3 is 2.37 bits per heavy atom. The number of unbranched alkanes of at least 4 members (excludes halogenated alkanes) is 1. The molecule has 6 N–H and O–H groups in total. The summed E-state index contributed by atoms with van der Waals surface area (Å²) in [4.78, 5) is 60.9. The van der Waals surface area contributed by atoms with Crippen LogP contribution in [0.3, 0.4) is 0 Å². The average Bonchev–Trinajstić information content (AvgIpc) is 3.72. The molecule has 3 atom stereocenters. The number of rotatable bonds is 27. The summed E-state index contributed by atoms with van der Waals surface area (Å²) in [7, 11) is 0. The van der Waals surface area contributed by atoms with E-state index in [1.807, 2.05) is 25.6 Å². The number of carbonyl (C=O) groups excluding carboxylic acids is 4. The molecular formula is C38H58N9O9S+. The predicted molar refractivity (Wildman–Crippen MR) is 213 cm³/mol. The van der Waals surface area contributed by atoms with Crippen molar-refractivity contribution in [3.8, 4) is 0 Å². The van der Waals surface area contributed by atoms with Crippen molar-refractivity contribution in [1.29, 1.82) is 5.53 Å². The summed E-state index contributed by atoms with van der Waals surface area (Å²) in [6, 6.07) is 3.72. The Kier molecular flexibility index (Phi) is 19.5. The maximum atomic E-state index is 13.1. The number of hydrogen-bond donors (Lipinski definition) is 6. The second-order valence-electron chi connectivity index (χ2n) is 14.7. The Balaban J connectivity index is 1.01. The van der Waals surface area contributed by atoms with Crippen molar-refractivity contribution in [2.75, 3.05) is 77.0 Å². The fourth-order valence-corrected chi connectivity index (χ4v) is 8.21. The van der Waals surface area contributed by atoms with Crippen molar-refractivity contribution in [1.82, 2.24) is 25.8 Å². The number of fused-ring (bicyclic) bond motifs is 1. The number of nitrogens with one attached hydrogen (secondary N) is 5. The number of amides is 4. The van der Waals surface area contributed by atoms with Crippen LogP contribution in [0.5, 0.6) is 0 Å². The molecule has 2 aliphatic heterocycles. The van der Waals surface area contributed by atoms with Crippen molar-refractivity contribution < 1.29 is 43.2 Å². The van der Waals surface area contributed by atoms with Gasteiger partial charge in [0.2, 0.25) is 16.7 Å². The number of anilines is 1. The van der Waals surface area contributed by atoms with E-state index in [0.717, 1.165) is 25.0 Å². The minimum absolute atomic E-state index is 0.00583. The number of aromatic nitrogens is 1. The van der Waals surface area contributed by atoms with Gasteiger partial charge in [0.05, 0.1) is 93.8 Å². The molecule has 3 aliphatic rings. The lowest BCUT2D eigenvalue weighted by atomic mass is 9.75.